The summed E-state index contributed by atoms with van der Waals surface area (Å²) in [7, 11) is 0. The fourth-order valence-electron chi connectivity index (χ4n) is 2.20. The van der Waals surface area contributed by atoms with Gasteiger partial charge < -0.3 is 10.3 Å². The van der Waals surface area contributed by atoms with E-state index in [0.717, 1.165) is 0 Å². The zero-order chi connectivity index (χ0) is 14.9. The topological polar surface area (TPSA) is 108 Å². The highest BCUT2D eigenvalue weighted by atomic mass is 16.2. The highest BCUT2D eigenvalue weighted by Crippen LogP contribution is 2.07. The number of piperidine rings is 1. The molecule has 1 aliphatic heterocycles. The van der Waals surface area contributed by atoms with Gasteiger partial charge in [-0.2, -0.15) is 0 Å². The SMILES string of the molecule is Cc1cc(C)c(C(=O)NC2CCC(=O)NC2=O)c(=O)[nH]1. The van der Waals surface area contributed by atoms with E-state index in [9.17, 15) is 19.2 Å². The second kappa shape index (κ2) is 5.28. The number of aryl methyl sites for hydroxylation is 2. The molecule has 1 fully saturated rings. The van der Waals surface area contributed by atoms with Gasteiger partial charge >= 0.3 is 0 Å². The van der Waals surface area contributed by atoms with Crippen LogP contribution >= 0.6 is 0 Å². The number of hydrogen-bond donors (Lipinski definition) is 3. The van der Waals surface area contributed by atoms with Crippen LogP contribution in [-0.2, 0) is 9.59 Å². The van der Waals surface area contributed by atoms with Crippen LogP contribution in [0.15, 0.2) is 10.9 Å². The zero-order valence-electron chi connectivity index (χ0n) is 11.2. The second-order valence-electron chi connectivity index (χ2n) is 4.82. The van der Waals surface area contributed by atoms with Crippen molar-refractivity contribution in [1.29, 1.82) is 0 Å². The summed E-state index contributed by atoms with van der Waals surface area (Å²) in [4.78, 5) is 49.0. The summed E-state index contributed by atoms with van der Waals surface area (Å²) in [6, 6.07) is 0.890. The lowest BCUT2D eigenvalue weighted by molar-refractivity contribution is -0.134. The monoisotopic (exact) mass is 277 g/mol. The van der Waals surface area contributed by atoms with Crippen LogP contribution in [0, 0.1) is 13.8 Å². The van der Waals surface area contributed by atoms with E-state index in [1.54, 1.807) is 19.9 Å². The molecule has 0 aliphatic carbocycles. The molecule has 1 saturated heterocycles. The average molecular weight is 277 g/mol. The van der Waals surface area contributed by atoms with E-state index in [1.165, 1.54) is 0 Å². The number of carbonyl (C=O) groups excluding carboxylic acids is 3. The minimum Gasteiger partial charge on any atom is -0.340 e. The van der Waals surface area contributed by atoms with Gasteiger partial charge in [-0.15, -0.1) is 0 Å². The molecule has 0 spiro atoms. The molecule has 2 heterocycles. The fraction of sp³-hybridized carbons (Fsp3) is 0.385. The Morgan fingerprint density at radius 3 is 2.60 bits per heavy atom. The number of hydrogen-bond acceptors (Lipinski definition) is 4. The third kappa shape index (κ3) is 2.76. The van der Waals surface area contributed by atoms with Crippen molar-refractivity contribution in [2.75, 3.05) is 0 Å². The molecule has 7 nitrogen and oxygen atoms in total. The third-order valence-electron chi connectivity index (χ3n) is 3.14. The van der Waals surface area contributed by atoms with Gasteiger partial charge in [-0.25, -0.2) is 0 Å². The molecular weight excluding hydrogens is 262 g/mol. The molecule has 0 aromatic carbocycles. The summed E-state index contributed by atoms with van der Waals surface area (Å²) >= 11 is 0. The molecular formula is C13H15N3O4. The van der Waals surface area contributed by atoms with E-state index < -0.39 is 23.4 Å². The Hall–Kier alpha value is -2.44. The zero-order valence-corrected chi connectivity index (χ0v) is 11.2. The summed E-state index contributed by atoms with van der Waals surface area (Å²) in [5.41, 5.74) is 0.689. The van der Waals surface area contributed by atoms with Crippen LogP contribution in [-0.4, -0.2) is 28.7 Å². The van der Waals surface area contributed by atoms with E-state index in [2.05, 4.69) is 15.6 Å². The van der Waals surface area contributed by atoms with E-state index in [0.29, 0.717) is 11.3 Å². The van der Waals surface area contributed by atoms with Gasteiger partial charge in [-0.1, -0.05) is 0 Å². The van der Waals surface area contributed by atoms with Crippen LogP contribution in [0.1, 0.15) is 34.5 Å². The molecule has 1 aromatic rings. The van der Waals surface area contributed by atoms with Gasteiger partial charge in [0.05, 0.1) is 0 Å². The number of H-pyrrole nitrogens is 1. The highest BCUT2D eigenvalue weighted by Gasteiger charge is 2.29. The molecule has 0 radical (unpaired) electrons. The summed E-state index contributed by atoms with van der Waals surface area (Å²) in [6.45, 7) is 3.37. The van der Waals surface area contributed by atoms with Gasteiger partial charge in [0.25, 0.3) is 11.5 Å². The number of imide groups is 1. The minimum absolute atomic E-state index is 0.0136. The van der Waals surface area contributed by atoms with Crippen LogP contribution in [0.3, 0.4) is 0 Å². The van der Waals surface area contributed by atoms with Crippen LogP contribution in [0.5, 0.6) is 0 Å². The lowest BCUT2D eigenvalue weighted by Gasteiger charge is -2.21. The Balaban J connectivity index is 2.19. The molecule has 7 heteroatoms. The molecule has 3 amide bonds. The van der Waals surface area contributed by atoms with Gasteiger partial charge in [0.2, 0.25) is 11.8 Å². The van der Waals surface area contributed by atoms with Crippen molar-refractivity contribution in [2.45, 2.75) is 32.7 Å². The normalized spacial score (nSPS) is 18.6. The molecule has 0 bridgehead atoms. The maximum Gasteiger partial charge on any atom is 0.261 e. The predicted octanol–water partition coefficient (Wildman–Crippen LogP) is -0.473. The average Bonchev–Trinajstić information content (AvgIpc) is 2.31. The molecule has 1 aromatic heterocycles. The Kier molecular flexibility index (Phi) is 3.69. The van der Waals surface area contributed by atoms with Gasteiger partial charge in [0.15, 0.2) is 0 Å². The number of carbonyl (C=O) groups is 3. The molecule has 2 rings (SSSR count). The number of aromatic amines is 1. The van der Waals surface area contributed by atoms with Crippen molar-refractivity contribution in [3.8, 4) is 0 Å². The Bertz CT molecular complexity index is 648. The highest BCUT2D eigenvalue weighted by molar-refractivity contribution is 6.04. The number of nitrogens with one attached hydrogen (secondary N) is 3. The standard InChI is InChI=1S/C13H15N3O4/c1-6-5-7(2)14-12(19)10(6)13(20)15-8-3-4-9(17)16-11(8)18/h5,8H,3-4H2,1-2H3,(H,14,19)(H,15,20)(H,16,17,18). The molecule has 0 saturated carbocycles. The first kappa shape index (κ1) is 14.0. The van der Waals surface area contributed by atoms with Crippen molar-refractivity contribution in [2.24, 2.45) is 0 Å². The Morgan fingerprint density at radius 2 is 2.00 bits per heavy atom. The molecule has 1 atom stereocenters. The van der Waals surface area contributed by atoms with E-state index in [-0.39, 0.29) is 24.3 Å². The number of amides is 3. The molecule has 1 unspecified atom stereocenters. The van der Waals surface area contributed by atoms with Crippen molar-refractivity contribution in [1.82, 2.24) is 15.6 Å². The second-order valence-corrected chi connectivity index (χ2v) is 4.82. The summed E-state index contributed by atoms with van der Waals surface area (Å²) < 4.78 is 0. The van der Waals surface area contributed by atoms with Crippen molar-refractivity contribution >= 4 is 17.7 Å². The van der Waals surface area contributed by atoms with E-state index in [1.807, 2.05) is 0 Å². The fourth-order valence-corrected chi connectivity index (χ4v) is 2.20. The van der Waals surface area contributed by atoms with Crippen LogP contribution in [0.4, 0.5) is 0 Å². The molecule has 3 N–H and O–H groups in total. The molecule has 20 heavy (non-hydrogen) atoms. The largest absolute Gasteiger partial charge is 0.340 e. The number of aromatic nitrogens is 1. The van der Waals surface area contributed by atoms with Gasteiger partial charge in [0, 0.05) is 12.1 Å². The lowest BCUT2D eigenvalue weighted by Crippen LogP contribution is -2.52. The maximum absolute atomic E-state index is 12.1. The lowest BCUT2D eigenvalue weighted by atomic mass is 10.0. The Labute approximate surface area is 114 Å². The smallest absolute Gasteiger partial charge is 0.261 e. The van der Waals surface area contributed by atoms with Crippen molar-refractivity contribution in [3.63, 3.8) is 0 Å². The predicted molar refractivity (Wildman–Crippen MR) is 70.2 cm³/mol. The first-order chi connectivity index (χ1) is 9.38. The molecule has 106 valence electrons. The quantitative estimate of drug-likeness (QED) is 0.635. The van der Waals surface area contributed by atoms with Gasteiger partial charge in [-0.3, -0.25) is 24.5 Å². The minimum atomic E-state index is -0.791. The number of pyridine rings is 1. The van der Waals surface area contributed by atoms with Crippen LogP contribution in [0.2, 0.25) is 0 Å². The maximum atomic E-state index is 12.1. The summed E-state index contributed by atoms with van der Waals surface area (Å²) in [6.07, 6.45) is 0.402. The number of rotatable bonds is 2. The van der Waals surface area contributed by atoms with Crippen molar-refractivity contribution in [3.05, 3.63) is 33.2 Å². The van der Waals surface area contributed by atoms with Crippen LogP contribution < -0.4 is 16.2 Å². The first-order valence-corrected chi connectivity index (χ1v) is 6.23. The van der Waals surface area contributed by atoms with Gasteiger partial charge in [-0.05, 0) is 31.9 Å². The summed E-state index contributed by atoms with van der Waals surface area (Å²) in [5, 5.41) is 4.63. The summed E-state index contributed by atoms with van der Waals surface area (Å²) in [5.74, 6) is -1.51. The Morgan fingerprint density at radius 1 is 1.30 bits per heavy atom. The van der Waals surface area contributed by atoms with Gasteiger partial charge in [0.1, 0.15) is 11.6 Å². The third-order valence-corrected chi connectivity index (χ3v) is 3.14. The van der Waals surface area contributed by atoms with Crippen LogP contribution in [0.25, 0.3) is 0 Å². The molecule has 1 aliphatic rings. The van der Waals surface area contributed by atoms with E-state index in [4.69, 9.17) is 0 Å². The van der Waals surface area contributed by atoms with E-state index >= 15 is 0 Å². The van der Waals surface area contributed by atoms with Crippen molar-refractivity contribution < 1.29 is 14.4 Å². The first-order valence-electron chi connectivity index (χ1n) is 6.23.